The molecule has 0 radical (unpaired) electrons. The van der Waals surface area contributed by atoms with Crippen molar-refractivity contribution in [1.82, 2.24) is 16.0 Å². The number of rotatable bonds is 8. The standard InChI is InChI=1S/C20H23N3O4/c24-19(25)22-11-9-21-10-12-23-20(26)27-13-18-16-7-3-1-5-14(16)15-6-2-4-8-17(15)18/h1-8,18,21-22H,9-13H2,(H,23,26)(H,24,25). The van der Waals surface area contributed by atoms with Crippen molar-refractivity contribution in [3.63, 3.8) is 0 Å². The zero-order valence-electron chi connectivity index (χ0n) is 14.9. The van der Waals surface area contributed by atoms with Gasteiger partial charge in [0, 0.05) is 32.1 Å². The molecule has 142 valence electrons. The van der Waals surface area contributed by atoms with Crippen molar-refractivity contribution in [2.24, 2.45) is 0 Å². The largest absolute Gasteiger partial charge is 0.465 e. The van der Waals surface area contributed by atoms with Crippen LogP contribution in [0.1, 0.15) is 17.0 Å². The summed E-state index contributed by atoms with van der Waals surface area (Å²) in [5.74, 6) is 0.0448. The lowest BCUT2D eigenvalue weighted by atomic mass is 9.98. The average Bonchev–Trinajstić information content (AvgIpc) is 2.99. The van der Waals surface area contributed by atoms with E-state index in [9.17, 15) is 9.59 Å². The number of nitrogens with one attached hydrogen (secondary N) is 3. The van der Waals surface area contributed by atoms with Crippen LogP contribution in [0.4, 0.5) is 9.59 Å². The van der Waals surface area contributed by atoms with Gasteiger partial charge in [-0.3, -0.25) is 0 Å². The molecule has 0 spiro atoms. The fourth-order valence-corrected chi connectivity index (χ4v) is 3.29. The molecule has 0 unspecified atom stereocenters. The molecule has 0 saturated carbocycles. The molecule has 3 rings (SSSR count). The molecule has 0 heterocycles. The first-order chi connectivity index (χ1) is 13.2. The topological polar surface area (TPSA) is 99.7 Å². The van der Waals surface area contributed by atoms with Crippen molar-refractivity contribution in [3.8, 4) is 11.1 Å². The van der Waals surface area contributed by atoms with E-state index in [4.69, 9.17) is 9.84 Å². The summed E-state index contributed by atoms with van der Waals surface area (Å²) in [6, 6.07) is 16.4. The smallest absolute Gasteiger partial charge is 0.407 e. The van der Waals surface area contributed by atoms with Crippen LogP contribution in [0.15, 0.2) is 48.5 Å². The maximum absolute atomic E-state index is 12.0. The quantitative estimate of drug-likeness (QED) is 0.536. The minimum atomic E-state index is -1.05. The molecule has 7 heteroatoms. The van der Waals surface area contributed by atoms with Crippen LogP contribution < -0.4 is 16.0 Å². The summed E-state index contributed by atoms with van der Waals surface area (Å²) in [5.41, 5.74) is 4.75. The number of alkyl carbamates (subject to hydrolysis) is 1. The molecule has 1 aliphatic rings. The van der Waals surface area contributed by atoms with E-state index < -0.39 is 12.2 Å². The lowest BCUT2D eigenvalue weighted by molar-refractivity contribution is 0.143. The molecule has 4 N–H and O–H groups in total. The Hall–Kier alpha value is -3.06. The Labute approximate surface area is 157 Å². The summed E-state index contributed by atoms with van der Waals surface area (Å²) in [4.78, 5) is 22.3. The van der Waals surface area contributed by atoms with Crippen molar-refractivity contribution in [2.75, 3.05) is 32.8 Å². The normalized spacial score (nSPS) is 12.1. The molecule has 0 bridgehead atoms. The second kappa shape index (κ2) is 9.05. The van der Waals surface area contributed by atoms with E-state index >= 15 is 0 Å². The molecule has 0 aliphatic heterocycles. The molecule has 2 amide bonds. The highest BCUT2D eigenvalue weighted by Gasteiger charge is 2.28. The molecule has 0 atom stereocenters. The summed E-state index contributed by atoms with van der Waals surface area (Å²) in [5, 5.41) is 16.4. The van der Waals surface area contributed by atoms with Crippen LogP contribution in [0.2, 0.25) is 0 Å². The number of ether oxygens (including phenoxy) is 1. The van der Waals surface area contributed by atoms with Crippen LogP contribution in [0.5, 0.6) is 0 Å². The van der Waals surface area contributed by atoms with Gasteiger partial charge >= 0.3 is 12.2 Å². The number of fused-ring (bicyclic) bond motifs is 3. The van der Waals surface area contributed by atoms with E-state index in [0.29, 0.717) is 26.2 Å². The Morgan fingerprint density at radius 1 is 0.852 bits per heavy atom. The molecule has 0 fully saturated rings. The van der Waals surface area contributed by atoms with Crippen molar-refractivity contribution >= 4 is 12.2 Å². The molecule has 0 saturated heterocycles. The summed E-state index contributed by atoms with van der Waals surface area (Å²) in [6.07, 6.45) is -1.50. The zero-order chi connectivity index (χ0) is 19.1. The Bertz CT molecular complexity index is 764. The summed E-state index contributed by atoms with van der Waals surface area (Å²) in [7, 11) is 0. The van der Waals surface area contributed by atoms with Gasteiger partial charge in [0.05, 0.1) is 0 Å². The van der Waals surface area contributed by atoms with Crippen LogP contribution in [0.25, 0.3) is 11.1 Å². The minimum absolute atomic E-state index is 0.0448. The van der Waals surface area contributed by atoms with E-state index in [0.717, 1.165) is 0 Å². The molecule has 1 aliphatic carbocycles. The first-order valence-electron chi connectivity index (χ1n) is 8.93. The summed E-state index contributed by atoms with van der Waals surface area (Å²) >= 11 is 0. The van der Waals surface area contributed by atoms with E-state index in [1.165, 1.54) is 22.3 Å². The number of amides is 2. The fraction of sp³-hybridized carbons (Fsp3) is 0.300. The third-order valence-electron chi connectivity index (χ3n) is 4.49. The highest BCUT2D eigenvalue weighted by molar-refractivity contribution is 5.79. The predicted molar refractivity (Wildman–Crippen MR) is 102 cm³/mol. The van der Waals surface area contributed by atoms with E-state index in [1.807, 2.05) is 24.3 Å². The van der Waals surface area contributed by atoms with Gasteiger partial charge in [-0.15, -0.1) is 0 Å². The van der Waals surface area contributed by atoms with E-state index in [-0.39, 0.29) is 12.5 Å². The number of hydrogen-bond acceptors (Lipinski definition) is 4. The number of benzene rings is 2. The van der Waals surface area contributed by atoms with Gasteiger partial charge in [-0.05, 0) is 22.3 Å². The lowest BCUT2D eigenvalue weighted by Gasteiger charge is -2.14. The van der Waals surface area contributed by atoms with Crippen LogP contribution in [0, 0.1) is 0 Å². The van der Waals surface area contributed by atoms with Crippen LogP contribution in [0.3, 0.4) is 0 Å². The second-order valence-electron chi connectivity index (χ2n) is 6.23. The molecule has 2 aromatic rings. The Kier molecular flexibility index (Phi) is 6.27. The molecule has 2 aromatic carbocycles. The van der Waals surface area contributed by atoms with Gasteiger partial charge in [0.25, 0.3) is 0 Å². The predicted octanol–water partition coefficient (Wildman–Crippen LogP) is 2.38. The van der Waals surface area contributed by atoms with Crippen molar-refractivity contribution < 1.29 is 19.4 Å². The number of carbonyl (C=O) groups is 2. The molecule has 27 heavy (non-hydrogen) atoms. The van der Waals surface area contributed by atoms with Gasteiger partial charge in [-0.2, -0.15) is 0 Å². The third-order valence-corrected chi connectivity index (χ3v) is 4.49. The molecular formula is C20H23N3O4. The van der Waals surface area contributed by atoms with Gasteiger partial charge in [0.15, 0.2) is 0 Å². The minimum Gasteiger partial charge on any atom is -0.465 e. The van der Waals surface area contributed by atoms with Gasteiger partial charge in [0.2, 0.25) is 0 Å². The molecule has 0 aromatic heterocycles. The SMILES string of the molecule is O=C(O)NCCNCCNC(=O)OCC1c2ccccc2-c2ccccc21. The second-order valence-corrected chi connectivity index (χ2v) is 6.23. The van der Waals surface area contributed by atoms with Crippen LogP contribution in [-0.2, 0) is 4.74 Å². The van der Waals surface area contributed by atoms with Gasteiger partial charge in [-0.25, -0.2) is 9.59 Å². The highest BCUT2D eigenvalue weighted by atomic mass is 16.5. The van der Waals surface area contributed by atoms with Crippen LogP contribution >= 0.6 is 0 Å². The van der Waals surface area contributed by atoms with E-state index in [1.54, 1.807) is 0 Å². The van der Waals surface area contributed by atoms with Crippen molar-refractivity contribution in [3.05, 3.63) is 59.7 Å². The maximum Gasteiger partial charge on any atom is 0.407 e. The third kappa shape index (κ3) is 4.77. The number of carbonyl (C=O) groups excluding carboxylic acids is 1. The van der Waals surface area contributed by atoms with Gasteiger partial charge in [-0.1, -0.05) is 48.5 Å². The Morgan fingerprint density at radius 3 is 2.00 bits per heavy atom. The number of carboxylic acid groups (broad SMARTS) is 1. The van der Waals surface area contributed by atoms with Gasteiger partial charge in [0.1, 0.15) is 6.61 Å². The average molecular weight is 369 g/mol. The van der Waals surface area contributed by atoms with Crippen molar-refractivity contribution in [2.45, 2.75) is 5.92 Å². The van der Waals surface area contributed by atoms with E-state index in [2.05, 4.69) is 40.2 Å². The highest BCUT2D eigenvalue weighted by Crippen LogP contribution is 2.44. The molecular weight excluding hydrogens is 346 g/mol. The van der Waals surface area contributed by atoms with Crippen molar-refractivity contribution in [1.29, 1.82) is 0 Å². The lowest BCUT2D eigenvalue weighted by Crippen LogP contribution is -2.36. The maximum atomic E-state index is 12.0. The molecule has 7 nitrogen and oxygen atoms in total. The number of hydrogen-bond donors (Lipinski definition) is 4. The van der Waals surface area contributed by atoms with Crippen LogP contribution in [-0.4, -0.2) is 50.1 Å². The fourth-order valence-electron chi connectivity index (χ4n) is 3.29. The zero-order valence-corrected chi connectivity index (χ0v) is 14.9. The first-order valence-corrected chi connectivity index (χ1v) is 8.93. The summed E-state index contributed by atoms with van der Waals surface area (Å²) in [6.45, 7) is 2.05. The Morgan fingerprint density at radius 2 is 1.41 bits per heavy atom. The van der Waals surface area contributed by atoms with Gasteiger partial charge < -0.3 is 25.8 Å². The first kappa shape index (κ1) is 18.7. The monoisotopic (exact) mass is 369 g/mol. The Balaban J connectivity index is 1.44. The summed E-state index contributed by atoms with van der Waals surface area (Å²) < 4.78 is 5.43.